The smallest absolute Gasteiger partial charge is 0.256 e. The third-order valence-corrected chi connectivity index (χ3v) is 3.86. The molecule has 0 aliphatic carbocycles. The summed E-state index contributed by atoms with van der Waals surface area (Å²) < 4.78 is 6.65. The summed E-state index contributed by atoms with van der Waals surface area (Å²) in [5, 5.41) is 17.6. The summed E-state index contributed by atoms with van der Waals surface area (Å²) in [7, 11) is 1.68. The molecule has 0 saturated carbocycles. The molecule has 1 unspecified atom stereocenters. The molecular formula is C15H20ClN3O3. The van der Waals surface area contributed by atoms with Crippen molar-refractivity contribution in [1.29, 1.82) is 0 Å². The zero-order chi connectivity index (χ0) is 16.5. The second kappa shape index (κ2) is 6.14. The summed E-state index contributed by atoms with van der Waals surface area (Å²) in [5.74, 6) is 0.0767. The van der Waals surface area contributed by atoms with Crippen LogP contribution in [0.2, 0.25) is 5.15 Å². The number of rotatable bonds is 5. The van der Waals surface area contributed by atoms with Crippen LogP contribution in [0.25, 0.3) is 0 Å². The minimum atomic E-state index is -1.30. The molecule has 2 heterocycles. The Morgan fingerprint density at radius 2 is 2.27 bits per heavy atom. The van der Waals surface area contributed by atoms with Gasteiger partial charge in [-0.1, -0.05) is 25.4 Å². The number of hydrogen-bond donors (Lipinski definition) is 2. The molecule has 7 heteroatoms. The molecule has 1 amide bonds. The molecule has 2 aromatic heterocycles. The van der Waals surface area contributed by atoms with E-state index in [-0.39, 0.29) is 23.5 Å². The molecule has 2 aromatic rings. The molecule has 0 aliphatic rings. The van der Waals surface area contributed by atoms with Crippen LogP contribution in [0.1, 0.15) is 48.5 Å². The Bertz CT molecular complexity index is 660. The van der Waals surface area contributed by atoms with Gasteiger partial charge in [-0.3, -0.25) is 9.48 Å². The van der Waals surface area contributed by atoms with Crippen LogP contribution in [0.15, 0.2) is 22.8 Å². The Hall–Kier alpha value is -1.79. The second-order valence-electron chi connectivity index (χ2n) is 5.76. The Kier molecular flexibility index (Phi) is 4.63. The molecule has 0 aromatic carbocycles. The zero-order valence-electron chi connectivity index (χ0n) is 13.1. The Balaban J connectivity index is 2.17. The van der Waals surface area contributed by atoms with Crippen molar-refractivity contribution < 1.29 is 14.3 Å². The predicted molar refractivity (Wildman–Crippen MR) is 82.9 cm³/mol. The molecule has 0 radical (unpaired) electrons. The van der Waals surface area contributed by atoms with E-state index in [1.165, 1.54) is 10.9 Å². The van der Waals surface area contributed by atoms with E-state index in [1.54, 1.807) is 26.1 Å². The highest BCUT2D eigenvalue weighted by atomic mass is 35.5. The van der Waals surface area contributed by atoms with Gasteiger partial charge in [0.1, 0.15) is 16.5 Å². The topological polar surface area (TPSA) is 80.3 Å². The molecule has 0 spiro atoms. The standard InChI is InChI=1S/C15H20ClN3O3/c1-9(2)12-11(13(16)19(4)18-12)14(20)17-8-15(3,21)10-6-5-7-22-10/h5-7,9,21H,8H2,1-4H3,(H,17,20). The van der Waals surface area contributed by atoms with E-state index < -0.39 is 5.60 Å². The lowest BCUT2D eigenvalue weighted by Crippen LogP contribution is -2.38. The predicted octanol–water partition coefficient (Wildman–Crippen LogP) is 2.43. The van der Waals surface area contributed by atoms with E-state index in [1.807, 2.05) is 13.8 Å². The minimum Gasteiger partial charge on any atom is -0.466 e. The Labute approximate surface area is 134 Å². The number of furan rings is 1. The molecule has 0 saturated heterocycles. The van der Waals surface area contributed by atoms with Gasteiger partial charge in [0.15, 0.2) is 0 Å². The van der Waals surface area contributed by atoms with E-state index in [0.29, 0.717) is 17.0 Å². The van der Waals surface area contributed by atoms with Gasteiger partial charge in [-0.15, -0.1) is 0 Å². The Morgan fingerprint density at radius 1 is 1.59 bits per heavy atom. The molecule has 2 rings (SSSR count). The van der Waals surface area contributed by atoms with Crippen molar-refractivity contribution in [3.8, 4) is 0 Å². The lowest BCUT2D eigenvalue weighted by atomic mass is 10.0. The molecule has 22 heavy (non-hydrogen) atoms. The first-order valence-corrected chi connectivity index (χ1v) is 7.38. The lowest BCUT2D eigenvalue weighted by Gasteiger charge is -2.21. The molecule has 0 fully saturated rings. The largest absolute Gasteiger partial charge is 0.466 e. The van der Waals surface area contributed by atoms with Gasteiger partial charge in [0, 0.05) is 7.05 Å². The maximum absolute atomic E-state index is 12.4. The first-order valence-electron chi connectivity index (χ1n) is 7.01. The van der Waals surface area contributed by atoms with Gasteiger partial charge in [-0.25, -0.2) is 0 Å². The van der Waals surface area contributed by atoms with Gasteiger partial charge in [0.05, 0.1) is 24.1 Å². The van der Waals surface area contributed by atoms with Crippen molar-refractivity contribution in [1.82, 2.24) is 15.1 Å². The quantitative estimate of drug-likeness (QED) is 0.884. The maximum Gasteiger partial charge on any atom is 0.256 e. The molecule has 120 valence electrons. The molecule has 0 bridgehead atoms. The number of carbonyl (C=O) groups is 1. The van der Waals surface area contributed by atoms with E-state index >= 15 is 0 Å². The van der Waals surface area contributed by atoms with Crippen molar-refractivity contribution in [2.24, 2.45) is 7.05 Å². The van der Waals surface area contributed by atoms with Crippen molar-refractivity contribution in [2.75, 3.05) is 6.54 Å². The van der Waals surface area contributed by atoms with Crippen LogP contribution in [0.3, 0.4) is 0 Å². The number of nitrogens with zero attached hydrogens (tertiary/aromatic N) is 2. The van der Waals surface area contributed by atoms with Crippen LogP contribution in [0, 0.1) is 0 Å². The van der Waals surface area contributed by atoms with Gasteiger partial charge in [0.2, 0.25) is 0 Å². The van der Waals surface area contributed by atoms with E-state index in [4.69, 9.17) is 16.0 Å². The summed E-state index contributed by atoms with van der Waals surface area (Å²) in [6.45, 7) is 5.45. The van der Waals surface area contributed by atoms with Crippen molar-refractivity contribution in [2.45, 2.75) is 32.3 Å². The first-order chi connectivity index (χ1) is 10.2. The molecule has 6 nitrogen and oxygen atoms in total. The van der Waals surface area contributed by atoms with E-state index in [9.17, 15) is 9.90 Å². The van der Waals surface area contributed by atoms with Gasteiger partial charge in [-0.2, -0.15) is 5.10 Å². The summed E-state index contributed by atoms with van der Waals surface area (Å²) in [6, 6.07) is 3.34. The van der Waals surface area contributed by atoms with E-state index in [0.717, 1.165) is 0 Å². The minimum absolute atomic E-state index is 0.00209. The number of hydrogen-bond acceptors (Lipinski definition) is 4. The van der Waals surface area contributed by atoms with Crippen LogP contribution < -0.4 is 5.32 Å². The molecule has 2 N–H and O–H groups in total. The lowest BCUT2D eigenvalue weighted by molar-refractivity contribution is 0.0330. The average molecular weight is 326 g/mol. The van der Waals surface area contributed by atoms with Gasteiger partial charge in [-0.05, 0) is 25.0 Å². The van der Waals surface area contributed by atoms with Crippen LogP contribution in [0.4, 0.5) is 0 Å². The van der Waals surface area contributed by atoms with Crippen LogP contribution in [-0.4, -0.2) is 27.3 Å². The highest BCUT2D eigenvalue weighted by molar-refractivity contribution is 6.33. The van der Waals surface area contributed by atoms with Gasteiger partial charge >= 0.3 is 0 Å². The second-order valence-corrected chi connectivity index (χ2v) is 6.12. The number of amides is 1. The fraction of sp³-hybridized carbons (Fsp3) is 0.467. The summed E-state index contributed by atoms with van der Waals surface area (Å²) in [4.78, 5) is 12.4. The zero-order valence-corrected chi connectivity index (χ0v) is 13.8. The third-order valence-electron chi connectivity index (χ3n) is 3.42. The van der Waals surface area contributed by atoms with Gasteiger partial charge < -0.3 is 14.8 Å². The number of nitrogens with one attached hydrogen (secondary N) is 1. The maximum atomic E-state index is 12.4. The monoisotopic (exact) mass is 325 g/mol. The van der Waals surface area contributed by atoms with Crippen molar-refractivity contribution >= 4 is 17.5 Å². The fourth-order valence-electron chi connectivity index (χ4n) is 2.15. The molecule has 0 aliphatic heterocycles. The average Bonchev–Trinajstić information content (AvgIpc) is 3.06. The SMILES string of the molecule is CC(C)c1nn(C)c(Cl)c1C(=O)NCC(C)(O)c1ccco1. The number of aromatic nitrogens is 2. The van der Waals surface area contributed by atoms with Crippen LogP contribution in [-0.2, 0) is 12.6 Å². The fourth-order valence-corrected chi connectivity index (χ4v) is 2.37. The molecule has 1 atom stereocenters. The van der Waals surface area contributed by atoms with Crippen LogP contribution in [0.5, 0.6) is 0 Å². The third kappa shape index (κ3) is 3.18. The molecular weight excluding hydrogens is 306 g/mol. The summed E-state index contributed by atoms with van der Waals surface area (Å²) in [6.07, 6.45) is 1.47. The van der Waals surface area contributed by atoms with Gasteiger partial charge in [0.25, 0.3) is 5.91 Å². The first kappa shape index (κ1) is 16.6. The van der Waals surface area contributed by atoms with Crippen molar-refractivity contribution in [3.63, 3.8) is 0 Å². The summed E-state index contributed by atoms with van der Waals surface area (Å²) >= 11 is 6.16. The number of aliphatic hydroxyl groups is 1. The number of carbonyl (C=O) groups excluding carboxylic acids is 1. The highest BCUT2D eigenvalue weighted by Gasteiger charge is 2.29. The van der Waals surface area contributed by atoms with E-state index in [2.05, 4.69) is 10.4 Å². The normalized spacial score (nSPS) is 14.1. The number of aryl methyl sites for hydroxylation is 1. The highest BCUT2D eigenvalue weighted by Crippen LogP contribution is 2.26. The van der Waals surface area contributed by atoms with Crippen LogP contribution >= 0.6 is 11.6 Å². The summed E-state index contributed by atoms with van der Waals surface area (Å²) in [5.41, 5.74) is -0.330. The Morgan fingerprint density at radius 3 is 2.82 bits per heavy atom. The van der Waals surface area contributed by atoms with Crippen molar-refractivity contribution in [3.05, 3.63) is 40.6 Å². The number of halogens is 1.